The Balaban J connectivity index is 1.81. The number of fused-ring (bicyclic) bond motifs is 1. The SMILES string of the molecule is CNC(=O)C(NC(=O)c1cc(C2CC2)nc2c1c(C)nn2C(C)(C)C)c1ccc(F)c(F)c1. The number of aromatic nitrogens is 3. The lowest BCUT2D eigenvalue weighted by Crippen LogP contribution is -2.39. The van der Waals surface area contributed by atoms with Gasteiger partial charge in [0.15, 0.2) is 17.3 Å². The minimum atomic E-state index is -1.21. The van der Waals surface area contributed by atoms with E-state index in [-0.39, 0.29) is 17.0 Å². The van der Waals surface area contributed by atoms with Crippen molar-refractivity contribution < 1.29 is 18.4 Å². The van der Waals surface area contributed by atoms with Crippen LogP contribution in [0.25, 0.3) is 11.0 Å². The van der Waals surface area contributed by atoms with Crippen molar-refractivity contribution in [2.24, 2.45) is 0 Å². The van der Waals surface area contributed by atoms with Crippen LogP contribution in [0.15, 0.2) is 24.3 Å². The van der Waals surface area contributed by atoms with E-state index in [0.717, 1.165) is 30.7 Å². The number of aryl methyl sites for hydroxylation is 1. The summed E-state index contributed by atoms with van der Waals surface area (Å²) in [5.41, 5.74) is 2.19. The van der Waals surface area contributed by atoms with E-state index in [0.29, 0.717) is 22.3 Å². The van der Waals surface area contributed by atoms with Crippen LogP contribution in [0.4, 0.5) is 8.78 Å². The summed E-state index contributed by atoms with van der Waals surface area (Å²) in [6, 6.07) is 3.67. The normalized spacial score (nSPS) is 14.9. The average Bonchev–Trinajstić information content (AvgIpc) is 3.55. The number of carbonyl (C=O) groups excluding carboxylic acids is 2. The molecule has 1 fully saturated rings. The fourth-order valence-corrected chi connectivity index (χ4v) is 3.89. The summed E-state index contributed by atoms with van der Waals surface area (Å²) in [7, 11) is 1.41. The van der Waals surface area contributed by atoms with Crippen LogP contribution in [0.5, 0.6) is 0 Å². The largest absolute Gasteiger partial charge is 0.357 e. The van der Waals surface area contributed by atoms with Crippen molar-refractivity contribution in [3.63, 3.8) is 0 Å². The molecular formula is C24H27F2N5O2. The molecule has 0 aliphatic heterocycles. The number of rotatable bonds is 5. The summed E-state index contributed by atoms with van der Waals surface area (Å²) in [5.74, 6) is -2.91. The molecule has 0 saturated heterocycles. The van der Waals surface area contributed by atoms with Crippen LogP contribution < -0.4 is 10.6 Å². The molecule has 2 N–H and O–H groups in total. The van der Waals surface area contributed by atoms with Gasteiger partial charge in [-0.15, -0.1) is 0 Å². The molecule has 2 amide bonds. The van der Waals surface area contributed by atoms with Gasteiger partial charge in [0.1, 0.15) is 6.04 Å². The van der Waals surface area contributed by atoms with Crippen molar-refractivity contribution in [1.29, 1.82) is 0 Å². The molecule has 1 aliphatic rings. The van der Waals surface area contributed by atoms with Crippen molar-refractivity contribution in [1.82, 2.24) is 25.4 Å². The third kappa shape index (κ3) is 4.31. The molecule has 0 spiro atoms. The molecule has 9 heteroatoms. The van der Waals surface area contributed by atoms with Crippen LogP contribution in [0.2, 0.25) is 0 Å². The van der Waals surface area contributed by atoms with E-state index in [4.69, 9.17) is 4.98 Å². The quantitative estimate of drug-likeness (QED) is 0.611. The van der Waals surface area contributed by atoms with Gasteiger partial charge in [0.25, 0.3) is 5.91 Å². The Kier molecular flexibility index (Phi) is 5.67. The topological polar surface area (TPSA) is 88.9 Å². The number of likely N-dealkylation sites (N-methyl/N-ethyl adjacent to an activating group) is 1. The van der Waals surface area contributed by atoms with Crippen molar-refractivity contribution >= 4 is 22.8 Å². The molecular weight excluding hydrogens is 428 g/mol. The molecule has 33 heavy (non-hydrogen) atoms. The number of hydrogen-bond donors (Lipinski definition) is 2. The van der Waals surface area contributed by atoms with Gasteiger partial charge >= 0.3 is 0 Å². The Labute approximate surface area is 190 Å². The second-order valence-corrected chi connectivity index (χ2v) is 9.43. The fourth-order valence-electron chi connectivity index (χ4n) is 3.89. The molecule has 1 aliphatic carbocycles. The van der Waals surface area contributed by atoms with Crippen LogP contribution in [-0.2, 0) is 10.3 Å². The first kappa shape index (κ1) is 22.8. The summed E-state index contributed by atoms with van der Waals surface area (Å²) < 4.78 is 29.1. The number of amides is 2. The first-order valence-electron chi connectivity index (χ1n) is 10.9. The Hall–Kier alpha value is -3.36. The van der Waals surface area contributed by atoms with E-state index in [1.165, 1.54) is 13.1 Å². The van der Waals surface area contributed by atoms with E-state index in [2.05, 4.69) is 15.7 Å². The Bertz CT molecular complexity index is 1260. The minimum Gasteiger partial charge on any atom is -0.357 e. The summed E-state index contributed by atoms with van der Waals surface area (Å²) >= 11 is 0. The maximum atomic E-state index is 13.9. The second kappa shape index (κ2) is 8.20. The predicted octanol–water partition coefficient (Wildman–Crippen LogP) is 3.87. The molecule has 4 rings (SSSR count). The molecule has 1 saturated carbocycles. The van der Waals surface area contributed by atoms with Crippen molar-refractivity contribution in [3.8, 4) is 0 Å². The van der Waals surface area contributed by atoms with Gasteiger partial charge in [-0.1, -0.05) is 6.07 Å². The molecule has 2 heterocycles. The highest BCUT2D eigenvalue weighted by Gasteiger charge is 2.32. The smallest absolute Gasteiger partial charge is 0.253 e. The highest BCUT2D eigenvalue weighted by molar-refractivity contribution is 6.08. The zero-order chi connectivity index (χ0) is 24.1. The molecule has 1 atom stereocenters. The summed E-state index contributed by atoms with van der Waals surface area (Å²) in [6.07, 6.45) is 2.00. The van der Waals surface area contributed by atoms with Gasteiger partial charge in [-0.05, 0) is 64.3 Å². The average molecular weight is 456 g/mol. The predicted molar refractivity (Wildman–Crippen MR) is 120 cm³/mol. The molecule has 1 unspecified atom stereocenters. The Morgan fingerprint density at radius 3 is 2.42 bits per heavy atom. The summed E-state index contributed by atoms with van der Waals surface area (Å²) in [4.78, 5) is 30.9. The van der Waals surface area contributed by atoms with Gasteiger partial charge in [0.05, 0.1) is 22.2 Å². The standard InChI is InChI=1S/C24H27F2N5O2/c1-12-19-15(11-18(13-6-7-13)28-21(19)31(30-12)24(2,3)4)22(32)29-20(23(33)27-5)14-8-9-16(25)17(26)10-14/h8-11,13,20H,6-7H2,1-5H3,(H,27,33)(H,29,32). The maximum Gasteiger partial charge on any atom is 0.253 e. The minimum absolute atomic E-state index is 0.136. The highest BCUT2D eigenvalue weighted by atomic mass is 19.2. The van der Waals surface area contributed by atoms with Gasteiger partial charge in [-0.3, -0.25) is 9.59 Å². The molecule has 3 aromatic rings. The number of carbonyl (C=O) groups is 2. The third-order valence-electron chi connectivity index (χ3n) is 5.77. The van der Waals surface area contributed by atoms with Crippen LogP contribution in [0.3, 0.4) is 0 Å². The highest BCUT2D eigenvalue weighted by Crippen LogP contribution is 2.41. The van der Waals surface area contributed by atoms with Gasteiger partial charge < -0.3 is 10.6 Å². The van der Waals surface area contributed by atoms with Gasteiger partial charge in [0.2, 0.25) is 5.91 Å². The van der Waals surface area contributed by atoms with E-state index in [1.54, 1.807) is 6.07 Å². The van der Waals surface area contributed by atoms with Crippen LogP contribution in [0.1, 0.15) is 72.9 Å². The van der Waals surface area contributed by atoms with Crippen molar-refractivity contribution in [3.05, 3.63) is 58.4 Å². The second-order valence-electron chi connectivity index (χ2n) is 9.43. The van der Waals surface area contributed by atoms with Gasteiger partial charge in [0, 0.05) is 18.7 Å². The number of halogens is 2. The van der Waals surface area contributed by atoms with Crippen molar-refractivity contribution in [2.75, 3.05) is 7.05 Å². The number of nitrogens with zero attached hydrogens (tertiary/aromatic N) is 3. The number of hydrogen-bond acceptors (Lipinski definition) is 4. The zero-order valence-corrected chi connectivity index (χ0v) is 19.3. The first-order valence-corrected chi connectivity index (χ1v) is 10.9. The summed E-state index contributed by atoms with van der Waals surface area (Å²) in [6.45, 7) is 7.84. The van der Waals surface area contributed by atoms with Crippen LogP contribution in [0, 0.1) is 18.6 Å². The number of pyridine rings is 1. The van der Waals surface area contributed by atoms with Crippen LogP contribution >= 0.6 is 0 Å². The number of benzene rings is 1. The van der Waals surface area contributed by atoms with Crippen LogP contribution in [-0.4, -0.2) is 33.6 Å². The molecule has 174 valence electrons. The van der Waals surface area contributed by atoms with E-state index >= 15 is 0 Å². The van der Waals surface area contributed by atoms with Gasteiger partial charge in [-0.25, -0.2) is 18.4 Å². The fraction of sp³-hybridized carbons (Fsp3) is 0.417. The summed E-state index contributed by atoms with van der Waals surface area (Å²) in [5, 5.41) is 10.4. The zero-order valence-electron chi connectivity index (χ0n) is 19.3. The van der Waals surface area contributed by atoms with Gasteiger partial charge in [-0.2, -0.15) is 5.10 Å². The molecule has 1 aromatic carbocycles. The monoisotopic (exact) mass is 455 g/mol. The van der Waals surface area contributed by atoms with Crippen molar-refractivity contribution in [2.45, 2.75) is 58.0 Å². The van der Waals surface area contributed by atoms with E-state index in [9.17, 15) is 18.4 Å². The first-order chi connectivity index (χ1) is 15.5. The maximum absolute atomic E-state index is 13.9. The molecule has 7 nitrogen and oxygen atoms in total. The third-order valence-corrected chi connectivity index (χ3v) is 5.77. The lowest BCUT2D eigenvalue weighted by atomic mass is 10.0. The lowest BCUT2D eigenvalue weighted by molar-refractivity contribution is -0.122. The van der Waals surface area contributed by atoms with E-state index in [1.807, 2.05) is 32.4 Å². The molecule has 2 aromatic heterocycles. The number of nitrogens with one attached hydrogen (secondary N) is 2. The Morgan fingerprint density at radius 1 is 1.15 bits per heavy atom. The lowest BCUT2D eigenvalue weighted by Gasteiger charge is -2.21. The van der Waals surface area contributed by atoms with E-state index < -0.39 is 29.5 Å². The molecule has 0 radical (unpaired) electrons. The molecule has 0 bridgehead atoms. The Morgan fingerprint density at radius 2 is 1.85 bits per heavy atom.